The molecule has 0 bridgehead atoms. The maximum atomic E-state index is 5.81. The number of nitrogens with two attached hydrogens (primary N) is 1. The normalized spacial score (nSPS) is 20.7. The first-order valence-electron chi connectivity index (χ1n) is 8.55. The van der Waals surface area contributed by atoms with Gasteiger partial charge in [-0.25, -0.2) is 9.97 Å². The Morgan fingerprint density at radius 3 is 2.72 bits per heavy atom. The fraction of sp³-hybridized carbons (Fsp3) is 0.444. The summed E-state index contributed by atoms with van der Waals surface area (Å²) in [5.41, 5.74) is 9.68. The van der Waals surface area contributed by atoms with E-state index in [1.165, 1.54) is 0 Å². The van der Waals surface area contributed by atoms with Crippen molar-refractivity contribution in [3.63, 3.8) is 0 Å². The Bertz CT molecular complexity index is 765. The highest BCUT2D eigenvalue weighted by molar-refractivity contribution is 5.63. The molecule has 7 heteroatoms. The van der Waals surface area contributed by atoms with Crippen molar-refractivity contribution in [1.82, 2.24) is 15.0 Å². The summed E-state index contributed by atoms with van der Waals surface area (Å²) in [6.07, 6.45) is 0. The molecular weight excluding hydrogens is 318 g/mol. The molecule has 1 atom stereocenters. The molecule has 1 fully saturated rings. The van der Waals surface area contributed by atoms with Gasteiger partial charge < -0.3 is 20.2 Å². The van der Waals surface area contributed by atoms with Crippen molar-refractivity contribution >= 4 is 11.5 Å². The second kappa shape index (κ2) is 6.59. The summed E-state index contributed by atoms with van der Waals surface area (Å²) in [5.74, 6) is 1.72. The van der Waals surface area contributed by atoms with Crippen molar-refractivity contribution in [2.45, 2.75) is 26.1 Å². The lowest BCUT2D eigenvalue weighted by Crippen LogP contribution is -2.44. The van der Waals surface area contributed by atoms with Crippen LogP contribution in [0.25, 0.3) is 11.4 Å². The van der Waals surface area contributed by atoms with Crippen LogP contribution in [0.4, 0.5) is 11.5 Å². The molecule has 0 aliphatic carbocycles. The molecular formula is C18H23N5O2. The molecule has 0 spiro atoms. The summed E-state index contributed by atoms with van der Waals surface area (Å²) < 4.78 is 5.59. The molecule has 2 aromatic rings. The van der Waals surface area contributed by atoms with Gasteiger partial charge in [-0.3, -0.25) is 0 Å². The van der Waals surface area contributed by atoms with E-state index in [1.807, 2.05) is 29.3 Å². The van der Waals surface area contributed by atoms with Crippen LogP contribution >= 0.6 is 0 Å². The highest BCUT2D eigenvalue weighted by Crippen LogP contribution is 2.33. The smallest absolute Gasteiger partial charge is 0.161 e. The van der Waals surface area contributed by atoms with Gasteiger partial charge in [-0.2, -0.15) is 5.06 Å². The zero-order valence-electron chi connectivity index (χ0n) is 14.6. The van der Waals surface area contributed by atoms with E-state index >= 15 is 0 Å². The highest BCUT2D eigenvalue weighted by Gasteiger charge is 2.30. The molecule has 25 heavy (non-hydrogen) atoms. The van der Waals surface area contributed by atoms with Gasteiger partial charge in [-0.05, 0) is 31.2 Å². The second-order valence-corrected chi connectivity index (χ2v) is 6.52. The van der Waals surface area contributed by atoms with Gasteiger partial charge in [0.05, 0.1) is 45.1 Å². The third-order valence-electron chi connectivity index (χ3n) is 4.80. The molecule has 2 N–H and O–H groups in total. The summed E-state index contributed by atoms with van der Waals surface area (Å²) >= 11 is 0. The Balaban J connectivity index is 1.80. The number of anilines is 2. The zero-order valence-corrected chi connectivity index (χ0v) is 14.6. The topological polar surface area (TPSA) is 76.7 Å². The third kappa shape index (κ3) is 3.06. The highest BCUT2D eigenvalue weighted by atomic mass is 16.7. The van der Waals surface area contributed by atoms with Gasteiger partial charge >= 0.3 is 0 Å². The van der Waals surface area contributed by atoms with Crippen LogP contribution in [-0.4, -0.2) is 47.9 Å². The van der Waals surface area contributed by atoms with E-state index in [0.717, 1.165) is 40.7 Å². The first-order valence-corrected chi connectivity index (χ1v) is 8.55. The van der Waals surface area contributed by atoms with Crippen LogP contribution in [-0.2, 0) is 22.7 Å². The average Bonchev–Trinajstić information content (AvgIpc) is 3.05. The molecule has 1 aromatic carbocycles. The predicted octanol–water partition coefficient (Wildman–Crippen LogP) is 1.83. The molecule has 1 aromatic heterocycles. The maximum absolute atomic E-state index is 5.81. The van der Waals surface area contributed by atoms with Crippen LogP contribution < -0.4 is 10.6 Å². The molecule has 4 rings (SSSR count). The average molecular weight is 341 g/mol. The zero-order chi connectivity index (χ0) is 17.4. The van der Waals surface area contributed by atoms with Crippen LogP contribution in [0.15, 0.2) is 24.3 Å². The van der Waals surface area contributed by atoms with E-state index < -0.39 is 0 Å². The molecule has 0 saturated carbocycles. The second-order valence-electron chi connectivity index (χ2n) is 6.52. The first-order chi connectivity index (χ1) is 12.2. The van der Waals surface area contributed by atoms with Gasteiger partial charge in [0.2, 0.25) is 0 Å². The Morgan fingerprint density at radius 2 is 2.00 bits per heavy atom. The fourth-order valence-electron chi connectivity index (χ4n) is 3.38. The molecule has 0 radical (unpaired) electrons. The van der Waals surface area contributed by atoms with E-state index in [9.17, 15) is 0 Å². The molecule has 2 aliphatic rings. The molecule has 3 heterocycles. The van der Waals surface area contributed by atoms with Gasteiger partial charge in [-0.1, -0.05) is 0 Å². The summed E-state index contributed by atoms with van der Waals surface area (Å²) in [5, 5.41) is 1.90. The lowest BCUT2D eigenvalue weighted by molar-refractivity contribution is -0.137. The molecule has 0 unspecified atom stereocenters. The molecule has 132 valence electrons. The standard InChI is InChI=1S/C18H23N5O2/c1-12-11-25-8-7-23(12)18-15-9-22(24-2)10-16(15)20-17(21-18)13-3-5-14(19)6-4-13/h3-6,12H,7-11,19H2,1-2H3/t12-/m1/s1. The van der Waals surface area contributed by atoms with E-state index in [1.54, 1.807) is 7.11 Å². The van der Waals surface area contributed by atoms with Crippen LogP contribution in [0.5, 0.6) is 0 Å². The number of fused-ring (bicyclic) bond motifs is 1. The van der Waals surface area contributed by atoms with Gasteiger partial charge in [0.15, 0.2) is 5.82 Å². The number of rotatable bonds is 3. The number of hydrogen-bond donors (Lipinski definition) is 1. The maximum Gasteiger partial charge on any atom is 0.161 e. The number of hydrogen-bond acceptors (Lipinski definition) is 7. The molecule has 0 amide bonds. The van der Waals surface area contributed by atoms with Crippen LogP contribution in [0.3, 0.4) is 0 Å². The monoisotopic (exact) mass is 341 g/mol. The lowest BCUT2D eigenvalue weighted by atomic mass is 10.1. The van der Waals surface area contributed by atoms with Crippen LogP contribution in [0, 0.1) is 0 Å². The summed E-state index contributed by atoms with van der Waals surface area (Å²) in [6, 6.07) is 7.97. The SMILES string of the molecule is CON1Cc2nc(-c3ccc(N)cc3)nc(N3CCOC[C@H]3C)c2C1. The fourth-order valence-corrected chi connectivity index (χ4v) is 3.38. The molecule has 1 saturated heterocycles. The van der Waals surface area contributed by atoms with E-state index in [4.69, 9.17) is 25.3 Å². The van der Waals surface area contributed by atoms with Crippen molar-refractivity contribution < 1.29 is 9.57 Å². The van der Waals surface area contributed by atoms with E-state index in [0.29, 0.717) is 26.3 Å². The van der Waals surface area contributed by atoms with Gasteiger partial charge in [0.1, 0.15) is 5.82 Å². The van der Waals surface area contributed by atoms with Crippen LogP contribution in [0.1, 0.15) is 18.2 Å². The first kappa shape index (κ1) is 16.3. The van der Waals surface area contributed by atoms with E-state index in [-0.39, 0.29) is 6.04 Å². The minimum absolute atomic E-state index is 0.281. The van der Waals surface area contributed by atoms with Gasteiger partial charge in [-0.15, -0.1) is 0 Å². The van der Waals surface area contributed by atoms with Crippen molar-refractivity contribution in [1.29, 1.82) is 0 Å². The lowest BCUT2D eigenvalue weighted by Gasteiger charge is -2.35. The number of benzene rings is 1. The van der Waals surface area contributed by atoms with Crippen molar-refractivity contribution in [3.8, 4) is 11.4 Å². The number of nitrogens with zero attached hydrogens (tertiary/aromatic N) is 4. The minimum Gasteiger partial charge on any atom is -0.399 e. The Morgan fingerprint density at radius 1 is 1.20 bits per heavy atom. The van der Waals surface area contributed by atoms with Crippen molar-refractivity contribution in [3.05, 3.63) is 35.5 Å². The van der Waals surface area contributed by atoms with E-state index in [2.05, 4.69) is 11.8 Å². The Kier molecular flexibility index (Phi) is 4.29. The summed E-state index contributed by atoms with van der Waals surface area (Å²) in [4.78, 5) is 17.5. The molecule has 2 aliphatic heterocycles. The third-order valence-corrected chi connectivity index (χ3v) is 4.80. The Labute approximate surface area is 147 Å². The van der Waals surface area contributed by atoms with Crippen molar-refractivity contribution in [2.75, 3.05) is 37.5 Å². The number of morpholine rings is 1. The number of hydroxylamine groups is 2. The van der Waals surface area contributed by atoms with Crippen LogP contribution in [0.2, 0.25) is 0 Å². The largest absolute Gasteiger partial charge is 0.399 e. The number of aromatic nitrogens is 2. The quantitative estimate of drug-likeness (QED) is 0.854. The van der Waals surface area contributed by atoms with Gasteiger partial charge in [0, 0.05) is 23.4 Å². The number of nitrogen functional groups attached to an aromatic ring is 1. The Hall–Kier alpha value is -2.22. The van der Waals surface area contributed by atoms with Crippen molar-refractivity contribution in [2.24, 2.45) is 0 Å². The summed E-state index contributed by atoms with van der Waals surface area (Å²) in [7, 11) is 1.69. The minimum atomic E-state index is 0.281. The number of ether oxygens (including phenoxy) is 1. The van der Waals surface area contributed by atoms with Gasteiger partial charge in [0.25, 0.3) is 0 Å². The molecule has 7 nitrogen and oxygen atoms in total. The predicted molar refractivity (Wildman–Crippen MR) is 95.8 cm³/mol. The summed E-state index contributed by atoms with van der Waals surface area (Å²) in [6.45, 7) is 5.80.